The van der Waals surface area contributed by atoms with Gasteiger partial charge in [-0.1, -0.05) is 103 Å². The molecule has 5 nitrogen and oxygen atoms in total. The van der Waals surface area contributed by atoms with Crippen LogP contribution in [-0.4, -0.2) is 24.1 Å². The molecule has 0 radical (unpaired) electrons. The SMILES string of the molecule is [2H]c1c(-c2ccccc2-n2c3cccnc3c3c([2H])c([2H])c([2H])c([2H])c32)nc(-c2c([2H])c([2H])c([2H])c([2H])c2[2H])nc1-n1c2c([2H])c([2H])c([2H])c([2H])c2c2c([2H])c([2H])c([2H])c([2H])c21. The molecule has 44 heavy (non-hydrogen) atoms. The second-order valence-electron chi connectivity index (χ2n) is 9.57. The molecule has 0 aliphatic heterocycles. The minimum atomic E-state index is -0.755. The summed E-state index contributed by atoms with van der Waals surface area (Å²) < 4.78 is 160. The molecular formula is C39H25N5. The molecule has 0 saturated heterocycles. The van der Waals surface area contributed by atoms with Gasteiger partial charge in [-0.2, -0.15) is 0 Å². The Balaban J connectivity index is 1.52. The number of nitrogens with zero attached hydrogens (tertiary/aromatic N) is 5. The van der Waals surface area contributed by atoms with Gasteiger partial charge in [0.05, 0.1) is 63.6 Å². The van der Waals surface area contributed by atoms with Gasteiger partial charge in [-0.05, 0) is 36.3 Å². The average molecular weight is 582 g/mol. The molecule has 0 amide bonds. The van der Waals surface area contributed by atoms with Crippen molar-refractivity contribution >= 4 is 43.7 Å². The van der Waals surface area contributed by atoms with Crippen molar-refractivity contribution in [1.82, 2.24) is 24.1 Å². The number of fused-ring (bicyclic) bond motifs is 6. The molecule has 0 unspecified atom stereocenters. The van der Waals surface area contributed by atoms with Gasteiger partial charge in [-0.3, -0.25) is 9.55 Å². The van der Waals surface area contributed by atoms with Gasteiger partial charge in [0.25, 0.3) is 0 Å². The molecule has 0 fully saturated rings. The van der Waals surface area contributed by atoms with Crippen LogP contribution in [0.4, 0.5) is 0 Å². The fourth-order valence-corrected chi connectivity index (χ4v) is 5.39. The van der Waals surface area contributed by atoms with Gasteiger partial charge < -0.3 is 4.57 Å². The Hall–Kier alpha value is -6.07. The average Bonchev–Trinajstić information content (AvgIpc) is 3.81. The molecule has 9 aromatic rings. The van der Waals surface area contributed by atoms with E-state index in [0.29, 0.717) is 5.52 Å². The third kappa shape index (κ3) is 3.69. The Labute approximate surface area is 278 Å². The number of aromatic nitrogens is 5. The highest BCUT2D eigenvalue weighted by Crippen LogP contribution is 2.37. The maximum Gasteiger partial charge on any atom is 0.162 e. The van der Waals surface area contributed by atoms with E-state index in [9.17, 15) is 1.37 Å². The van der Waals surface area contributed by atoms with E-state index in [-0.39, 0.29) is 50.2 Å². The quantitative estimate of drug-likeness (QED) is 0.208. The van der Waals surface area contributed by atoms with Crippen molar-refractivity contribution in [3.05, 3.63) is 151 Å². The molecule has 9 rings (SSSR count). The summed E-state index contributed by atoms with van der Waals surface area (Å²) in [5.41, 5.74) is -0.870. The highest BCUT2D eigenvalue weighted by molar-refractivity contribution is 6.09. The van der Waals surface area contributed by atoms with Crippen molar-refractivity contribution in [3.8, 4) is 34.2 Å². The van der Waals surface area contributed by atoms with E-state index in [0.717, 1.165) is 4.57 Å². The Kier molecular flexibility index (Phi) is 2.80. The van der Waals surface area contributed by atoms with Gasteiger partial charge in [0.1, 0.15) is 5.82 Å². The van der Waals surface area contributed by atoms with E-state index in [1.807, 2.05) is 0 Å². The highest BCUT2D eigenvalue weighted by atomic mass is 15.1. The Morgan fingerprint density at radius 2 is 1.18 bits per heavy atom. The fourth-order valence-electron chi connectivity index (χ4n) is 5.39. The summed E-state index contributed by atoms with van der Waals surface area (Å²) in [7, 11) is 0. The smallest absolute Gasteiger partial charge is 0.162 e. The summed E-state index contributed by atoms with van der Waals surface area (Å²) in [5, 5.41) is -0.562. The summed E-state index contributed by atoms with van der Waals surface area (Å²) in [4.78, 5) is 13.7. The summed E-state index contributed by atoms with van der Waals surface area (Å²) in [6.45, 7) is 0. The standard InChI is InChI=1S/C39H25N5/c1-2-13-26(14-3-1)39-41-31(25-37(42-39)44-32-19-8-4-15-27(32)28-16-5-9-20-33(28)44)29-17-6-10-21-34(29)43-35-22-11-7-18-30(35)38-36(43)23-12-24-40-38/h1-25H/i1D,2D,3D,4D,5D,7D,8D,9D,11D,13D,14D,15D,16D,18D,19D,20D,22D,25D. The van der Waals surface area contributed by atoms with Crippen molar-refractivity contribution in [2.75, 3.05) is 0 Å². The number of hydrogen-bond acceptors (Lipinski definition) is 3. The summed E-state index contributed by atoms with van der Waals surface area (Å²) >= 11 is 0. The topological polar surface area (TPSA) is 48.5 Å². The zero-order valence-electron chi connectivity index (χ0n) is 40.3. The predicted octanol–water partition coefficient (Wildman–Crippen LogP) is 9.40. The van der Waals surface area contributed by atoms with Crippen LogP contribution in [-0.2, 0) is 0 Å². The van der Waals surface area contributed by atoms with Crippen LogP contribution in [0, 0.1) is 0 Å². The third-order valence-electron chi connectivity index (χ3n) is 7.18. The monoisotopic (exact) mass is 581 g/mol. The normalized spacial score (nSPS) is 17.4. The lowest BCUT2D eigenvalue weighted by Crippen LogP contribution is -2.04. The van der Waals surface area contributed by atoms with Gasteiger partial charge in [0.2, 0.25) is 0 Å². The number of benzene rings is 5. The molecule has 0 atom stereocenters. The first-order chi connectivity index (χ1) is 29.3. The fraction of sp³-hybridized carbons (Fsp3) is 0. The van der Waals surface area contributed by atoms with E-state index in [1.54, 1.807) is 30.3 Å². The van der Waals surface area contributed by atoms with Crippen molar-refractivity contribution in [2.45, 2.75) is 0 Å². The Morgan fingerprint density at radius 3 is 1.93 bits per heavy atom. The zero-order valence-corrected chi connectivity index (χ0v) is 22.3. The first-order valence-electron chi connectivity index (χ1n) is 22.3. The molecule has 0 spiro atoms. The van der Waals surface area contributed by atoms with Gasteiger partial charge in [-0.25, -0.2) is 9.97 Å². The van der Waals surface area contributed by atoms with Crippen LogP contribution >= 0.6 is 0 Å². The lowest BCUT2D eigenvalue weighted by Gasteiger charge is -2.16. The van der Waals surface area contributed by atoms with Crippen LogP contribution in [0.1, 0.15) is 24.7 Å². The molecule has 0 bridgehead atoms. The maximum atomic E-state index is 9.85. The van der Waals surface area contributed by atoms with Crippen molar-refractivity contribution in [2.24, 2.45) is 0 Å². The van der Waals surface area contributed by atoms with Crippen molar-refractivity contribution < 1.29 is 24.7 Å². The number of hydrogen-bond donors (Lipinski definition) is 0. The van der Waals surface area contributed by atoms with Crippen molar-refractivity contribution in [3.63, 3.8) is 0 Å². The maximum absolute atomic E-state index is 9.85. The lowest BCUT2D eigenvalue weighted by atomic mass is 10.1. The Morgan fingerprint density at radius 1 is 0.545 bits per heavy atom. The highest BCUT2D eigenvalue weighted by Gasteiger charge is 2.20. The molecule has 0 aliphatic carbocycles. The van der Waals surface area contributed by atoms with Gasteiger partial charge in [-0.15, -0.1) is 0 Å². The van der Waals surface area contributed by atoms with Gasteiger partial charge >= 0.3 is 0 Å². The lowest BCUT2D eigenvalue weighted by molar-refractivity contribution is 1.04. The largest absolute Gasteiger partial charge is 0.307 e. The van der Waals surface area contributed by atoms with Crippen molar-refractivity contribution in [1.29, 1.82) is 0 Å². The molecule has 0 N–H and O–H groups in total. The van der Waals surface area contributed by atoms with E-state index < -0.39 is 131 Å². The summed E-state index contributed by atoms with van der Waals surface area (Å²) in [5.74, 6) is -1.13. The van der Waals surface area contributed by atoms with E-state index in [2.05, 4.69) is 15.0 Å². The predicted molar refractivity (Wildman–Crippen MR) is 179 cm³/mol. The van der Waals surface area contributed by atoms with Gasteiger partial charge in [0.15, 0.2) is 5.82 Å². The van der Waals surface area contributed by atoms with Crippen LogP contribution < -0.4 is 0 Å². The van der Waals surface area contributed by atoms with Crippen LogP contribution in [0.5, 0.6) is 0 Å². The molecule has 4 aromatic heterocycles. The van der Waals surface area contributed by atoms with E-state index in [4.69, 9.17) is 23.3 Å². The second-order valence-corrected chi connectivity index (χ2v) is 9.57. The van der Waals surface area contributed by atoms with E-state index in [1.165, 1.54) is 16.8 Å². The van der Waals surface area contributed by atoms with Crippen LogP contribution in [0.3, 0.4) is 0 Å². The minimum Gasteiger partial charge on any atom is -0.307 e. The Bertz CT molecular complexity index is 3420. The summed E-state index contributed by atoms with van der Waals surface area (Å²) in [6.07, 6.45) is 1.46. The third-order valence-corrected chi connectivity index (χ3v) is 7.18. The van der Waals surface area contributed by atoms with E-state index >= 15 is 0 Å². The molecule has 5 aromatic carbocycles. The van der Waals surface area contributed by atoms with Crippen LogP contribution in [0.2, 0.25) is 0 Å². The summed E-state index contributed by atoms with van der Waals surface area (Å²) in [6, 6.07) is -2.32. The molecule has 4 heterocycles. The zero-order chi connectivity index (χ0) is 44.7. The number of para-hydroxylation sites is 4. The molecular weight excluding hydrogens is 538 g/mol. The second kappa shape index (κ2) is 9.75. The molecule has 0 aliphatic rings. The molecule has 5 heteroatoms. The molecule has 0 saturated carbocycles. The van der Waals surface area contributed by atoms with Crippen LogP contribution in [0.25, 0.3) is 77.9 Å². The minimum absolute atomic E-state index is 0.0122. The first kappa shape index (κ1) is 12.7. The van der Waals surface area contributed by atoms with Crippen LogP contribution in [0.15, 0.2) is 151 Å². The number of pyridine rings is 1. The first-order valence-corrected chi connectivity index (χ1v) is 13.3. The number of rotatable bonds is 4. The molecule has 206 valence electrons. The van der Waals surface area contributed by atoms with Gasteiger partial charge in [0, 0.05) is 39.5 Å².